The van der Waals surface area contributed by atoms with Crippen LogP contribution < -0.4 is 4.74 Å². The van der Waals surface area contributed by atoms with Crippen molar-refractivity contribution in [2.75, 3.05) is 13.2 Å². The Labute approximate surface area is 204 Å². The molecule has 0 spiro atoms. The van der Waals surface area contributed by atoms with Crippen molar-refractivity contribution in [3.63, 3.8) is 0 Å². The normalized spacial score (nSPS) is 10.8. The van der Waals surface area contributed by atoms with E-state index in [0.29, 0.717) is 36.3 Å². The average molecular weight is 500 g/mol. The Morgan fingerprint density at radius 3 is 2.66 bits per heavy atom. The highest BCUT2D eigenvalue weighted by molar-refractivity contribution is 7.13. The van der Waals surface area contributed by atoms with Crippen molar-refractivity contribution in [3.05, 3.63) is 77.1 Å². The minimum atomic E-state index is -0.777. The number of esters is 1. The summed E-state index contributed by atoms with van der Waals surface area (Å²) in [5.41, 5.74) is 0. The van der Waals surface area contributed by atoms with Crippen LogP contribution >= 0.6 is 11.3 Å². The van der Waals surface area contributed by atoms with Gasteiger partial charge >= 0.3 is 5.97 Å². The Hall–Kier alpha value is -3.99. The first-order chi connectivity index (χ1) is 17.0. The van der Waals surface area contributed by atoms with Crippen molar-refractivity contribution in [1.29, 1.82) is 0 Å². The van der Waals surface area contributed by atoms with Gasteiger partial charge in [-0.1, -0.05) is 13.0 Å². The quantitative estimate of drug-likeness (QED) is 0.273. The van der Waals surface area contributed by atoms with Crippen LogP contribution in [0.15, 0.2) is 62.7 Å². The van der Waals surface area contributed by atoms with E-state index in [1.54, 1.807) is 6.07 Å². The van der Waals surface area contributed by atoms with E-state index in [1.807, 2.05) is 24.4 Å². The van der Waals surface area contributed by atoms with Gasteiger partial charge in [-0.25, -0.2) is 9.18 Å². The standard InChI is InChI=1S/C24H22FN3O6S/c1-2-11-28(13-21-26-27-23(34-21)20-4-3-12-35-20)22(29)15-32-24(30)19-10-9-18(33-19)14-31-17-7-5-16(25)6-8-17/h3-10,12H,2,11,13-15H2,1H3. The zero-order chi connectivity index (χ0) is 24.6. The highest BCUT2D eigenvalue weighted by atomic mass is 32.1. The Morgan fingerprint density at radius 2 is 1.91 bits per heavy atom. The van der Waals surface area contributed by atoms with E-state index in [-0.39, 0.29) is 24.7 Å². The van der Waals surface area contributed by atoms with Gasteiger partial charge in [0, 0.05) is 6.54 Å². The molecule has 0 aliphatic heterocycles. The Bertz CT molecular complexity index is 1250. The fraction of sp³-hybridized carbons (Fsp3) is 0.250. The summed E-state index contributed by atoms with van der Waals surface area (Å²) in [5.74, 6) is -0.0954. The summed E-state index contributed by atoms with van der Waals surface area (Å²) >= 11 is 1.47. The summed E-state index contributed by atoms with van der Waals surface area (Å²) in [7, 11) is 0. The van der Waals surface area contributed by atoms with Crippen LogP contribution in [-0.4, -0.2) is 40.1 Å². The third kappa shape index (κ3) is 6.54. The van der Waals surface area contributed by atoms with Crippen LogP contribution in [0.1, 0.15) is 35.6 Å². The molecule has 0 radical (unpaired) electrons. The van der Waals surface area contributed by atoms with E-state index in [9.17, 15) is 14.0 Å². The zero-order valence-corrected chi connectivity index (χ0v) is 19.6. The van der Waals surface area contributed by atoms with E-state index in [1.165, 1.54) is 46.6 Å². The minimum Gasteiger partial charge on any atom is -0.486 e. The molecule has 3 heterocycles. The lowest BCUT2D eigenvalue weighted by molar-refractivity contribution is -0.135. The third-order valence-corrected chi connectivity index (χ3v) is 5.61. The van der Waals surface area contributed by atoms with Gasteiger partial charge in [0.05, 0.1) is 11.4 Å². The molecule has 1 aromatic carbocycles. The summed E-state index contributed by atoms with van der Waals surface area (Å²) in [6.45, 7) is 2.04. The van der Waals surface area contributed by atoms with Gasteiger partial charge in [-0.2, -0.15) is 0 Å². The predicted octanol–water partition coefficient (Wildman–Crippen LogP) is 4.70. The molecule has 0 saturated carbocycles. The van der Waals surface area contributed by atoms with Crippen molar-refractivity contribution in [2.45, 2.75) is 26.5 Å². The maximum absolute atomic E-state index is 13.0. The number of rotatable bonds is 11. The number of thiophene rings is 1. The number of carbonyl (C=O) groups is 2. The fourth-order valence-corrected chi connectivity index (χ4v) is 3.73. The molecule has 0 unspecified atom stereocenters. The van der Waals surface area contributed by atoms with E-state index in [2.05, 4.69) is 10.2 Å². The second kappa shape index (κ2) is 11.4. The summed E-state index contributed by atoms with van der Waals surface area (Å²) in [6.07, 6.45) is 0.696. The largest absolute Gasteiger partial charge is 0.486 e. The lowest BCUT2D eigenvalue weighted by Gasteiger charge is -2.19. The molecule has 35 heavy (non-hydrogen) atoms. The van der Waals surface area contributed by atoms with Gasteiger partial charge in [0.15, 0.2) is 6.61 Å². The van der Waals surface area contributed by atoms with Crippen LogP contribution in [0, 0.1) is 5.82 Å². The number of benzene rings is 1. The monoisotopic (exact) mass is 499 g/mol. The molecule has 0 aliphatic carbocycles. The first-order valence-corrected chi connectivity index (χ1v) is 11.7. The van der Waals surface area contributed by atoms with Crippen LogP contribution in [0.3, 0.4) is 0 Å². The molecule has 0 saturated heterocycles. The average Bonchev–Trinajstić information content (AvgIpc) is 3.63. The summed E-state index contributed by atoms with van der Waals surface area (Å²) in [6, 6.07) is 12.3. The predicted molar refractivity (Wildman–Crippen MR) is 123 cm³/mol. The third-order valence-electron chi connectivity index (χ3n) is 4.76. The number of amides is 1. The Morgan fingerprint density at radius 1 is 1.09 bits per heavy atom. The fourth-order valence-electron chi connectivity index (χ4n) is 3.08. The number of furan rings is 1. The number of carbonyl (C=O) groups excluding carboxylic acids is 2. The molecule has 4 aromatic rings. The van der Waals surface area contributed by atoms with E-state index >= 15 is 0 Å². The van der Waals surface area contributed by atoms with Gasteiger partial charge in [-0.05, 0) is 54.3 Å². The van der Waals surface area contributed by atoms with Crippen molar-refractivity contribution in [2.24, 2.45) is 0 Å². The zero-order valence-electron chi connectivity index (χ0n) is 18.8. The van der Waals surface area contributed by atoms with Crippen molar-refractivity contribution >= 4 is 23.2 Å². The number of hydrogen-bond acceptors (Lipinski definition) is 9. The minimum absolute atomic E-state index is 0.0414. The lowest BCUT2D eigenvalue weighted by Crippen LogP contribution is -2.35. The van der Waals surface area contributed by atoms with Crippen LogP contribution in [0.2, 0.25) is 0 Å². The molecular weight excluding hydrogens is 477 g/mol. The summed E-state index contributed by atoms with van der Waals surface area (Å²) < 4.78 is 34.7. The molecule has 0 aliphatic rings. The van der Waals surface area contributed by atoms with E-state index < -0.39 is 18.5 Å². The topological polar surface area (TPSA) is 108 Å². The number of nitrogens with zero attached hydrogens (tertiary/aromatic N) is 3. The lowest BCUT2D eigenvalue weighted by atomic mass is 10.3. The molecular formula is C24H22FN3O6S. The maximum atomic E-state index is 13.0. The van der Waals surface area contributed by atoms with Crippen LogP contribution in [0.4, 0.5) is 4.39 Å². The first-order valence-electron chi connectivity index (χ1n) is 10.8. The maximum Gasteiger partial charge on any atom is 0.374 e. The second-order valence-corrected chi connectivity index (χ2v) is 8.33. The molecule has 0 N–H and O–H groups in total. The number of ether oxygens (including phenoxy) is 2. The highest BCUT2D eigenvalue weighted by Crippen LogP contribution is 2.23. The van der Waals surface area contributed by atoms with E-state index in [0.717, 1.165) is 4.88 Å². The molecule has 3 aromatic heterocycles. The van der Waals surface area contributed by atoms with Gasteiger partial charge < -0.3 is 23.2 Å². The van der Waals surface area contributed by atoms with Gasteiger partial charge in [0.1, 0.15) is 23.9 Å². The van der Waals surface area contributed by atoms with Crippen molar-refractivity contribution in [1.82, 2.24) is 15.1 Å². The SMILES string of the molecule is CCCN(Cc1nnc(-c2cccs2)o1)C(=O)COC(=O)c1ccc(COc2ccc(F)cc2)o1. The second-order valence-electron chi connectivity index (χ2n) is 7.38. The van der Waals surface area contributed by atoms with Crippen molar-refractivity contribution < 1.29 is 32.3 Å². The molecule has 0 bridgehead atoms. The van der Waals surface area contributed by atoms with Crippen LogP contribution in [-0.2, 0) is 22.7 Å². The van der Waals surface area contributed by atoms with Gasteiger partial charge in [-0.15, -0.1) is 21.5 Å². The number of aromatic nitrogens is 2. The number of hydrogen-bond donors (Lipinski definition) is 0. The Balaban J connectivity index is 1.28. The van der Waals surface area contributed by atoms with Gasteiger partial charge in [-0.3, -0.25) is 4.79 Å². The molecule has 182 valence electrons. The summed E-state index contributed by atoms with van der Waals surface area (Å²) in [5, 5.41) is 9.93. The molecule has 11 heteroatoms. The Kier molecular flexibility index (Phi) is 7.88. The van der Waals surface area contributed by atoms with Crippen LogP contribution in [0.5, 0.6) is 5.75 Å². The smallest absolute Gasteiger partial charge is 0.374 e. The molecule has 4 rings (SSSR count). The van der Waals surface area contributed by atoms with Gasteiger partial charge in [0.2, 0.25) is 11.7 Å². The summed E-state index contributed by atoms with van der Waals surface area (Å²) in [4.78, 5) is 27.3. The van der Waals surface area contributed by atoms with E-state index in [4.69, 9.17) is 18.3 Å². The van der Waals surface area contributed by atoms with Crippen molar-refractivity contribution in [3.8, 4) is 16.5 Å². The highest BCUT2D eigenvalue weighted by Gasteiger charge is 2.21. The number of halogens is 1. The van der Waals surface area contributed by atoms with Crippen LogP contribution in [0.25, 0.3) is 10.8 Å². The molecule has 1 amide bonds. The van der Waals surface area contributed by atoms with Gasteiger partial charge in [0.25, 0.3) is 11.8 Å². The molecule has 0 fully saturated rings. The molecule has 0 atom stereocenters. The first kappa shape index (κ1) is 24.1. The molecule has 9 nitrogen and oxygen atoms in total.